The Hall–Kier alpha value is -2.70. The lowest BCUT2D eigenvalue weighted by atomic mass is 9.83. The van der Waals surface area contributed by atoms with E-state index < -0.39 is 0 Å². The number of pyridine rings is 1. The number of carbonyl (C=O) groups excluding carboxylic acids is 1. The van der Waals surface area contributed by atoms with Crippen LogP contribution < -0.4 is 15.8 Å². The van der Waals surface area contributed by atoms with Crippen molar-refractivity contribution in [2.24, 2.45) is 11.8 Å². The molecule has 1 N–H and O–H groups in total. The molecule has 1 amide bonds. The fraction of sp³-hybridized carbons (Fsp3) is 0.583. The van der Waals surface area contributed by atoms with Crippen LogP contribution in [0.25, 0.3) is 0 Å². The van der Waals surface area contributed by atoms with Gasteiger partial charge in [-0.2, -0.15) is 0 Å². The van der Waals surface area contributed by atoms with Crippen molar-refractivity contribution in [3.8, 4) is 0 Å². The normalized spacial score (nSPS) is 24.4. The molecular formula is C24H31N5O2. The van der Waals surface area contributed by atoms with Gasteiger partial charge in [-0.3, -0.25) is 9.59 Å². The highest BCUT2D eigenvalue weighted by atomic mass is 16.2. The predicted molar refractivity (Wildman–Crippen MR) is 119 cm³/mol. The molecule has 31 heavy (non-hydrogen) atoms. The first-order valence-corrected chi connectivity index (χ1v) is 11.7. The largest absolute Gasteiger partial charge is 0.356 e. The first kappa shape index (κ1) is 20.2. The molecule has 3 atom stereocenters. The zero-order chi connectivity index (χ0) is 21.4. The Morgan fingerprint density at radius 1 is 1.13 bits per heavy atom. The van der Waals surface area contributed by atoms with Gasteiger partial charge in [-0.1, -0.05) is 19.3 Å². The van der Waals surface area contributed by atoms with E-state index in [0.717, 1.165) is 43.9 Å². The molecule has 0 aromatic carbocycles. The molecular weight excluding hydrogens is 390 g/mol. The Bertz CT molecular complexity index is 999. The molecule has 2 aromatic heterocycles. The van der Waals surface area contributed by atoms with Crippen molar-refractivity contribution < 1.29 is 4.79 Å². The fourth-order valence-electron chi connectivity index (χ4n) is 5.81. The molecule has 164 valence electrons. The Balaban J connectivity index is 1.35. The number of nitrogens with zero attached hydrogens (tertiary/aromatic N) is 4. The van der Waals surface area contributed by atoms with Crippen molar-refractivity contribution >= 4 is 11.7 Å². The summed E-state index contributed by atoms with van der Waals surface area (Å²) in [5.74, 6) is 1.88. The number of carbonyl (C=O) groups is 1. The number of aromatic nitrogens is 3. The van der Waals surface area contributed by atoms with Crippen molar-refractivity contribution in [3.05, 3.63) is 52.3 Å². The molecule has 1 saturated heterocycles. The molecule has 2 aromatic rings. The standard InChI is InChI=1S/C24H31N5O2/c1-16(18-5-3-2-4-6-18)27-23(30)20-7-8-21-19-11-17(13-29(21)24(20)31)12-28(14-19)22-9-10-25-15-26-22/h7-10,15-19H,2-6,11-14H2,1H3,(H,27,30)/t16-,17-,19+/m0/s1. The van der Waals surface area contributed by atoms with Crippen LogP contribution in [0.3, 0.4) is 0 Å². The van der Waals surface area contributed by atoms with Crippen LogP contribution in [0.2, 0.25) is 0 Å². The van der Waals surface area contributed by atoms with Crippen LogP contribution in [-0.2, 0) is 6.54 Å². The Labute approximate surface area is 182 Å². The smallest absolute Gasteiger partial charge is 0.263 e. The second-order valence-corrected chi connectivity index (χ2v) is 9.52. The molecule has 7 nitrogen and oxygen atoms in total. The first-order chi connectivity index (χ1) is 15.1. The van der Waals surface area contributed by atoms with Crippen molar-refractivity contribution in [2.45, 2.75) is 64.0 Å². The van der Waals surface area contributed by atoms with Gasteiger partial charge in [0.2, 0.25) is 0 Å². The zero-order valence-corrected chi connectivity index (χ0v) is 18.2. The summed E-state index contributed by atoms with van der Waals surface area (Å²) >= 11 is 0. The van der Waals surface area contributed by atoms with Gasteiger partial charge in [-0.25, -0.2) is 9.97 Å². The van der Waals surface area contributed by atoms with Gasteiger partial charge >= 0.3 is 0 Å². The third-order valence-electron chi connectivity index (χ3n) is 7.45. The zero-order valence-electron chi connectivity index (χ0n) is 18.2. The average Bonchev–Trinajstić information content (AvgIpc) is 2.80. The van der Waals surface area contributed by atoms with Crippen molar-refractivity contribution in [3.63, 3.8) is 0 Å². The number of nitrogens with one attached hydrogen (secondary N) is 1. The van der Waals surface area contributed by atoms with Crippen LogP contribution >= 0.6 is 0 Å². The highest BCUT2D eigenvalue weighted by Crippen LogP contribution is 2.36. The minimum atomic E-state index is -0.225. The lowest BCUT2D eigenvalue weighted by Gasteiger charge is -2.43. The van der Waals surface area contributed by atoms with Gasteiger partial charge in [0.1, 0.15) is 17.7 Å². The number of piperidine rings is 1. The molecule has 0 spiro atoms. The van der Waals surface area contributed by atoms with Crippen LogP contribution in [0.15, 0.2) is 35.5 Å². The molecule has 5 rings (SSSR count). The number of rotatable bonds is 4. The number of anilines is 1. The topological polar surface area (TPSA) is 80.1 Å². The van der Waals surface area contributed by atoms with E-state index in [1.165, 1.54) is 19.3 Å². The van der Waals surface area contributed by atoms with Crippen LogP contribution in [0.1, 0.15) is 67.4 Å². The second kappa shape index (κ2) is 8.44. The fourth-order valence-corrected chi connectivity index (χ4v) is 5.81. The molecule has 3 aliphatic rings. The lowest BCUT2D eigenvalue weighted by Crippen LogP contribution is -2.49. The molecule has 0 radical (unpaired) electrons. The summed E-state index contributed by atoms with van der Waals surface area (Å²) in [7, 11) is 0. The molecule has 2 aliphatic heterocycles. The summed E-state index contributed by atoms with van der Waals surface area (Å²) in [6.45, 7) is 4.44. The number of fused-ring (bicyclic) bond motifs is 4. The minimum absolute atomic E-state index is 0.106. The predicted octanol–water partition coefficient (Wildman–Crippen LogP) is 2.96. The Morgan fingerprint density at radius 2 is 1.97 bits per heavy atom. The molecule has 1 aliphatic carbocycles. The summed E-state index contributed by atoms with van der Waals surface area (Å²) in [5.41, 5.74) is 1.17. The summed E-state index contributed by atoms with van der Waals surface area (Å²) < 4.78 is 1.86. The third-order valence-corrected chi connectivity index (χ3v) is 7.45. The molecule has 1 saturated carbocycles. The molecule has 4 heterocycles. The quantitative estimate of drug-likeness (QED) is 0.821. The first-order valence-electron chi connectivity index (χ1n) is 11.7. The third kappa shape index (κ3) is 3.98. The second-order valence-electron chi connectivity index (χ2n) is 9.52. The van der Waals surface area contributed by atoms with E-state index in [9.17, 15) is 9.59 Å². The van der Waals surface area contributed by atoms with Gasteiger partial charge in [0.25, 0.3) is 11.5 Å². The van der Waals surface area contributed by atoms with E-state index in [-0.39, 0.29) is 29.0 Å². The van der Waals surface area contributed by atoms with Crippen LogP contribution in [0.5, 0.6) is 0 Å². The highest BCUT2D eigenvalue weighted by Gasteiger charge is 2.36. The summed E-state index contributed by atoms with van der Waals surface area (Å²) in [6, 6.07) is 5.77. The highest BCUT2D eigenvalue weighted by molar-refractivity contribution is 5.94. The van der Waals surface area contributed by atoms with Gasteiger partial charge in [-0.05, 0) is 56.2 Å². The van der Waals surface area contributed by atoms with E-state index in [4.69, 9.17) is 0 Å². The van der Waals surface area contributed by atoms with Gasteiger partial charge in [0, 0.05) is 43.5 Å². The van der Waals surface area contributed by atoms with Crippen molar-refractivity contribution in [2.75, 3.05) is 18.0 Å². The maximum Gasteiger partial charge on any atom is 0.263 e. The SMILES string of the molecule is C[C@H](NC(=O)c1ccc2n(c1=O)C[C@H]1C[C@@H]2CN(c2ccncn2)C1)C1CCCCC1. The van der Waals surface area contributed by atoms with Crippen molar-refractivity contribution in [1.82, 2.24) is 19.9 Å². The summed E-state index contributed by atoms with van der Waals surface area (Å²) in [6.07, 6.45) is 10.5. The van der Waals surface area contributed by atoms with Gasteiger partial charge in [-0.15, -0.1) is 0 Å². The maximum absolute atomic E-state index is 13.3. The number of hydrogen-bond donors (Lipinski definition) is 1. The number of hydrogen-bond acceptors (Lipinski definition) is 5. The Morgan fingerprint density at radius 3 is 2.74 bits per heavy atom. The van der Waals surface area contributed by atoms with Crippen LogP contribution in [0, 0.1) is 11.8 Å². The summed E-state index contributed by atoms with van der Waals surface area (Å²) in [5, 5.41) is 3.12. The molecule has 2 bridgehead atoms. The maximum atomic E-state index is 13.3. The van der Waals surface area contributed by atoms with E-state index in [0.29, 0.717) is 18.4 Å². The number of amides is 1. The Kier molecular flexibility index (Phi) is 5.50. The monoisotopic (exact) mass is 421 g/mol. The van der Waals surface area contributed by atoms with Crippen LogP contribution in [-0.4, -0.2) is 39.6 Å². The van der Waals surface area contributed by atoms with Crippen molar-refractivity contribution in [1.29, 1.82) is 0 Å². The van der Waals surface area contributed by atoms with Gasteiger partial charge in [0.15, 0.2) is 0 Å². The van der Waals surface area contributed by atoms with E-state index >= 15 is 0 Å². The van der Waals surface area contributed by atoms with Gasteiger partial charge < -0.3 is 14.8 Å². The van der Waals surface area contributed by atoms with E-state index in [1.54, 1.807) is 18.6 Å². The molecule has 2 fully saturated rings. The van der Waals surface area contributed by atoms with Crippen LogP contribution in [0.4, 0.5) is 5.82 Å². The van der Waals surface area contributed by atoms with E-state index in [2.05, 4.69) is 27.1 Å². The molecule has 0 unspecified atom stereocenters. The summed E-state index contributed by atoms with van der Waals surface area (Å²) in [4.78, 5) is 36.9. The minimum Gasteiger partial charge on any atom is -0.356 e. The molecule has 7 heteroatoms. The lowest BCUT2D eigenvalue weighted by molar-refractivity contribution is 0.0916. The average molecular weight is 422 g/mol. The van der Waals surface area contributed by atoms with Gasteiger partial charge in [0.05, 0.1) is 0 Å². The van der Waals surface area contributed by atoms with E-state index in [1.807, 2.05) is 16.7 Å².